The maximum absolute atomic E-state index is 9.76. The molecule has 0 aliphatic rings. The van der Waals surface area contributed by atoms with Gasteiger partial charge < -0.3 is 5.11 Å². The normalized spacial score (nSPS) is 9.57. The van der Waals surface area contributed by atoms with Gasteiger partial charge in [0.25, 0.3) is 0 Å². The van der Waals surface area contributed by atoms with Gasteiger partial charge in [-0.15, -0.1) is 0 Å². The van der Waals surface area contributed by atoms with E-state index < -0.39 is 5.97 Å². The first kappa shape index (κ1) is 7.89. The van der Waals surface area contributed by atoms with Crippen LogP contribution in [0.25, 0.3) is 0 Å². The van der Waals surface area contributed by atoms with Gasteiger partial charge in [-0.25, -0.2) is 0 Å². The molecule has 0 aliphatic carbocycles. The lowest BCUT2D eigenvalue weighted by molar-refractivity contribution is -0.136. The summed E-state index contributed by atoms with van der Waals surface area (Å²) in [5.74, 6) is -0.802. The number of halogens is 2. The lowest BCUT2D eigenvalue weighted by Gasteiger charge is -1.95. The van der Waals surface area contributed by atoms with Crippen LogP contribution < -0.4 is 0 Å². The van der Waals surface area contributed by atoms with Gasteiger partial charge in [-0.1, -0.05) is 0 Å². The molecule has 0 aromatic heterocycles. The highest BCUT2D eigenvalue weighted by Gasteiger charge is 1.98. The Hall–Kier alpha value is 0.890. The van der Waals surface area contributed by atoms with Crippen molar-refractivity contribution in [3.8, 4) is 0 Å². The van der Waals surface area contributed by atoms with Gasteiger partial charge in [0.2, 0.25) is 0 Å². The predicted octanol–water partition coefficient (Wildman–Crippen LogP) is 1.07. The van der Waals surface area contributed by atoms with Crippen LogP contribution in [0, 0.1) is 0 Å². The van der Waals surface area contributed by atoms with Crippen molar-refractivity contribution in [2.45, 2.75) is 0 Å². The van der Waals surface area contributed by atoms with E-state index in [1.165, 1.54) is 1.33 Å². The van der Waals surface area contributed by atoms with Crippen molar-refractivity contribution >= 4 is 51.7 Å². The Bertz CT molecular complexity index is 74.1. The van der Waals surface area contributed by atoms with Crippen molar-refractivity contribution in [3.05, 3.63) is 0 Å². The van der Waals surface area contributed by atoms with Crippen LogP contribution in [0.15, 0.2) is 0 Å². The SMILES string of the molecule is O=C(O)CN(I)I. The van der Waals surface area contributed by atoms with Crippen LogP contribution in [-0.2, 0) is 4.79 Å². The van der Waals surface area contributed by atoms with Gasteiger partial charge in [-0.3, -0.25) is 4.79 Å². The fraction of sp³-hybridized carbons (Fsp3) is 0.500. The fourth-order valence-electron chi connectivity index (χ4n) is 0.102. The van der Waals surface area contributed by atoms with Crippen LogP contribution in [0.1, 0.15) is 0 Å². The molecule has 0 rings (SSSR count). The van der Waals surface area contributed by atoms with Crippen LogP contribution in [0.4, 0.5) is 0 Å². The maximum Gasteiger partial charge on any atom is 0.319 e. The summed E-state index contributed by atoms with van der Waals surface area (Å²) in [6.45, 7) is 0.0844. The summed E-state index contributed by atoms with van der Waals surface area (Å²) in [4.78, 5) is 9.76. The van der Waals surface area contributed by atoms with Gasteiger partial charge in [-0.05, 0) is 0 Å². The minimum atomic E-state index is -0.802. The number of aliphatic carboxylic acids is 1. The standard InChI is InChI=1S/C2H3I2NO2/c3-5(4)1-2(6)7/h1H2,(H,6,7). The van der Waals surface area contributed by atoms with Gasteiger partial charge >= 0.3 is 5.97 Å². The van der Waals surface area contributed by atoms with E-state index in [1.807, 2.05) is 45.7 Å². The number of carbonyl (C=O) groups is 1. The minimum absolute atomic E-state index is 0.0844. The van der Waals surface area contributed by atoms with Gasteiger partial charge in [0.15, 0.2) is 0 Å². The Kier molecular flexibility index (Phi) is 4.33. The van der Waals surface area contributed by atoms with E-state index in [9.17, 15) is 4.79 Å². The molecule has 0 spiro atoms. The van der Waals surface area contributed by atoms with Crippen LogP contribution >= 0.6 is 45.7 Å². The average molecular weight is 327 g/mol. The second-order valence-corrected chi connectivity index (χ2v) is 5.03. The molecule has 7 heavy (non-hydrogen) atoms. The smallest absolute Gasteiger partial charge is 0.319 e. The maximum atomic E-state index is 9.76. The number of rotatable bonds is 2. The zero-order valence-corrected chi connectivity index (χ0v) is 7.58. The lowest BCUT2D eigenvalue weighted by Crippen LogP contribution is -2.10. The van der Waals surface area contributed by atoms with Crippen molar-refractivity contribution in [2.75, 3.05) is 6.54 Å². The zero-order chi connectivity index (χ0) is 5.86. The largest absolute Gasteiger partial charge is 0.480 e. The lowest BCUT2D eigenvalue weighted by atomic mass is 10.7. The third-order valence-corrected chi connectivity index (χ3v) is 0.937. The summed E-state index contributed by atoms with van der Waals surface area (Å²) in [6.07, 6.45) is 0. The Morgan fingerprint density at radius 2 is 2.14 bits per heavy atom. The van der Waals surface area contributed by atoms with Crippen molar-refractivity contribution in [1.82, 2.24) is 1.33 Å². The molecule has 0 radical (unpaired) electrons. The average Bonchev–Trinajstić information content (AvgIpc) is 1.27. The Labute approximate surface area is 69.1 Å². The van der Waals surface area contributed by atoms with E-state index in [4.69, 9.17) is 5.11 Å². The molecule has 1 N–H and O–H groups in total. The molecule has 0 saturated heterocycles. The first-order chi connectivity index (χ1) is 3.13. The topological polar surface area (TPSA) is 40.5 Å². The van der Waals surface area contributed by atoms with Crippen molar-refractivity contribution < 1.29 is 9.90 Å². The monoisotopic (exact) mass is 327 g/mol. The van der Waals surface area contributed by atoms with Crippen molar-refractivity contribution in [1.29, 1.82) is 0 Å². The van der Waals surface area contributed by atoms with Crippen molar-refractivity contribution in [2.24, 2.45) is 0 Å². The van der Waals surface area contributed by atoms with Crippen LogP contribution in [-0.4, -0.2) is 18.9 Å². The molecular formula is C2H3I2NO2. The molecule has 0 saturated carbocycles. The number of hydrogen-bond donors (Lipinski definition) is 1. The zero-order valence-electron chi connectivity index (χ0n) is 3.27. The highest BCUT2D eigenvalue weighted by molar-refractivity contribution is 14.2. The molecular weight excluding hydrogens is 324 g/mol. The molecule has 3 nitrogen and oxygen atoms in total. The molecule has 0 aromatic rings. The highest BCUT2D eigenvalue weighted by Crippen LogP contribution is 2.04. The third-order valence-electron chi connectivity index (χ3n) is 0.255. The van der Waals surface area contributed by atoms with E-state index >= 15 is 0 Å². The summed E-state index contributed by atoms with van der Waals surface area (Å²) in [6, 6.07) is 0. The molecule has 0 fully saturated rings. The summed E-state index contributed by atoms with van der Waals surface area (Å²) in [5.41, 5.74) is 0. The van der Waals surface area contributed by atoms with Gasteiger partial charge in [0, 0.05) is 45.7 Å². The minimum Gasteiger partial charge on any atom is -0.480 e. The van der Waals surface area contributed by atoms with Crippen LogP contribution in [0.2, 0.25) is 0 Å². The van der Waals surface area contributed by atoms with E-state index in [1.54, 1.807) is 0 Å². The van der Waals surface area contributed by atoms with Gasteiger partial charge in [0.05, 0.1) is 0 Å². The summed E-state index contributed by atoms with van der Waals surface area (Å²) in [7, 11) is 0. The van der Waals surface area contributed by atoms with E-state index in [0.717, 1.165) is 0 Å². The molecule has 0 atom stereocenters. The number of nitrogens with zero attached hydrogens (tertiary/aromatic N) is 1. The van der Waals surface area contributed by atoms with Gasteiger partial charge in [-0.2, -0.15) is 1.33 Å². The summed E-state index contributed by atoms with van der Waals surface area (Å²) >= 11 is 3.79. The number of carboxylic acid groups (broad SMARTS) is 1. The van der Waals surface area contributed by atoms with E-state index in [0.29, 0.717) is 0 Å². The third kappa shape index (κ3) is 6.89. The molecule has 0 unspecified atom stereocenters. The Morgan fingerprint density at radius 3 is 2.14 bits per heavy atom. The summed E-state index contributed by atoms with van der Waals surface area (Å²) < 4.78 is 1.54. The predicted molar refractivity (Wildman–Crippen MR) is 42.4 cm³/mol. The first-order valence-corrected chi connectivity index (χ1v) is 3.37. The Morgan fingerprint density at radius 1 is 1.71 bits per heavy atom. The van der Waals surface area contributed by atoms with E-state index in [2.05, 4.69) is 0 Å². The van der Waals surface area contributed by atoms with Crippen LogP contribution in [0.3, 0.4) is 0 Å². The van der Waals surface area contributed by atoms with E-state index in [-0.39, 0.29) is 6.54 Å². The van der Waals surface area contributed by atoms with Crippen LogP contribution in [0.5, 0.6) is 0 Å². The fourth-order valence-corrected chi connectivity index (χ4v) is 0.686. The molecule has 42 valence electrons. The number of hydrogen-bond acceptors (Lipinski definition) is 2. The second kappa shape index (κ2) is 3.84. The quantitative estimate of drug-likeness (QED) is 0.609. The molecule has 0 amide bonds. The number of carboxylic acids is 1. The summed E-state index contributed by atoms with van der Waals surface area (Å²) in [5, 5.41) is 8.03. The highest BCUT2D eigenvalue weighted by atomic mass is 127. The van der Waals surface area contributed by atoms with Gasteiger partial charge in [0.1, 0.15) is 6.54 Å². The Balaban J connectivity index is 3.13. The molecule has 0 aromatic carbocycles. The van der Waals surface area contributed by atoms with Crippen molar-refractivity contribution in [3.63, 3.8) is 0 Å². The second-order valence-electron chi connectivity index (χ2n) is 0.855. The molecule has 0 bridgehead atoms. The molecule has 0 heterocycles. The first-order valence-electron chi connectivity index (χ1n) is 1.44. The molecule has 0 aliphatic heterocycles. The molecule has 5 heteroatoms.